The van der Waals surface area contributed by atoms with Gasteiger partial charge in [0.2, 0.25) is 0 Å². The van der Waals surface area contributed by atoms with E-state index in [-0.39, 0.29) is 0 Å². The van der Waals surface area contributed by atoms with Crippen LogP contribution in [-0.4, -0.2) is 47.1 Å². The smallest absolute Gasteiger partial charge is 0.328 e. The van der Waals surface area contributed by atoms with Gasteiger partial charge >= 0.3 is 18.1 Å². The van der Waals surface area contributed by atoms with E-state index in [1.807, 2.05) is 16.0 Å². The van der Waals surface area contributed by atoms with Gasteiger partial charge in [0.25, 0.3) is 11.8 Å². The van der Waals surface area contributed by atoms with E-state index >= 15 is 0 Å². The summed E-state index contributed by atoms with van der Waals surface area (Å²) in [6.07, 6.45) is -2.84. The maximum Gasteiger partial charge on any atom is 0.328 e. The molecule has 0 aromatic rings. The largest absolute Gasteiger partial charge is 0.352 e. The molecule has 2 atom stereocenters. The Kier molecular flexibility index (Phi) is 2.50. The average Bonchev–Trinajstić information content (AvgIpc) is 2.68. The first-order valence-electron chi connectivity index (χ1n) is 4.70. The topological polar surface area (TPSA) is 163 Å². The van der Waals surface area contributed by atoms with Crippen LogP contribution >= 0.6 is 0 Å². The molecule has 11 nitrogen and oxygen atoms in total. The van der Waals surface area contributed by atoms with Crippen LogP contribution in [0, 0.1) is 0 Å². The van der Waals surface area contributed by atoms with E-state index < -0.39 is 42.2 Å². The van der Waals surface area contributed by atoms with Gasteiger partial charge in [-0.1, -0.05) is 0 Å². The number of nitrogens with two attached hydrogens (primary N) is 1. The molecule has 0 spiro atoms. The molecule has 2 unspecified atom stereocenters. The van der Waals surface area contributed by atoms with Crippen molar-refractivity contribution in [2.24, 2.45) is 5.73 Å². The normalized spacial score (nSPS) is 26.8. The first kappa shape index (κ1) is 11.6. The van der Waals surface area contributed by atoms with Gasteiger partial charge in [-0.2, -0.15) is 0 Å². The summed E-state index contributed by atoms with van der Waals surface area (Å²) in [6.45, 7) is 0. The van der Waals surface area contributed by atoms with Crippen LogP contribution in [0.2, 0.25) is 0 Å². The van der Waals surface area contributed by atoms with E-state index in [4.69, 9.17) is 5.73 Å². The molecule has 0 saturated carbocycles. The van der Waals surface area contributed by atoms with Gasteiger partial charge < -0.3 is 16.4 Å². The summed E-state index contributed by atoms with van der Waals surface area (Å²) in [5.41, 5.74) is 4.85. The van der Waals surface area contributed by atoms with Gasteiger partial charge in [-0.25, -0.2) is 14.4 Å². The lowest BCUT2D eigenvalue weighted by Gasteiger charge is -2.25. The summed E-state index contributed by atoms with van der Waals surface area (Å²) in [5.74, 6) is -1.67. The predicted octanol–water partition coefficient (Wildman–Crippen LogP) is -3.30. The Bertz CT molecular complexity index is 475. The number of hydrogen-bond acceptors (Lipinski definition) is 5. The summed E-state index contributed by atoms with van der Waals surface area (Å²) in [6, 6.07) is -2.80. The third-order valence-corrected chi connectivity index (χ3v) is 2.30. The zero-order valence-corrected chi connectivity index (χ0v) is 8.72. The molecule has 6 N–H and O–H groups in total. The third-order valence-electron chi connectivity index (χ3n) is 2.30. The number of carbonyl (C=O) groups is 5. The van der Waals surface area contributed by atoms with E-state index in [1.165, 1.54) is 0 Å². The van der Waals surface area contributed by atoms with E-state index in [2.05, 4.69) is 5.32 Å². The summed E-state index contributed by atoms with van der Waals surface area (Å²) in [5, 5.41) is 7.87. The number of carbonyl (C=O) groups excluding carboxylic acids is 5. The van der Waals surface area contributed by atoms with Gasteiger partial charge in [-0.05, 0) is 0 Å². The van der Waals surface area contributed by atoms with Crippen molar-refractivity contribution in [3.63, 3.8) is 0 Å². The molecule has 0 bridgehead atoms. The van der Waals surface area contributed by atoms with Crippen LogP contribution in [0.15, 0.2) is 0 Å². The standard InChI is InChI=1S/C7H8N6O5/c8-5(16)9-1-4(15)12-7(18)13(1)2-3(14)11-6(17)10-2/h1-2H,(H3,8,9,16)(H,12,15,18)(H2,10,11,14,17). The van der Waals surface area contributed by atoms with Gasteiger partial charge in [-0.3, -0.25) is 25.1 Å². The molecule has 96 valence electrons. The number of rotatable bonds is 2. The van der Waals surface area contributed by atoms with Crippen molar-refractivity contribution >= 4 is 29.9 Å². The fraction of sp³-hybridized carbons (Fsp3) is 0.286. The first-order valence-corrected chi connectivity index (χ1v) is 4.70. The lowest BCUT2D eigenvalue weighted by atomic mass is 10.3. The van der Waals surface area contributed by atoms with Crippen molar-refractivity contribution in [3.05, 3.63) is 0 Å². The second-order valence-corrected chi connectivity index (χ2v) is 3.48. The van der Waals surface area contributed by atoms with Gasteiger partial charge in [0.15, 0.2) is 12.3 Å². The highest BCUT2D eigenvalue weighted by Crippen LogP contribution is 2.12. The van der Waals surface area contributed by atoms with Crippen molar-refractivity contribution in [2.45, 2.75) is 12.3 Å². The fourth-order valence-electron chi connectivity index (χ4n) is 1.62. The number of nitrogens with one attached hydrogen (secondary N) is 4. The molecule has 2 aliphatic heterocycles. The Morgan fingerprint density at radius 3 is 2.33 bits per heavy atom. The Labute approximate surface area is 99.0 Å². The predicted molar refractivity (Wildman–Crippen MR) is 52.3 cm³/mol. The highest BCUT2D eigenvalue weighted by Gasteiger charge is 2.48. The van der Waals surface area contributed by atoms with Crippen molar-refractivity contribution in [2.75, 3.05) is 0 Å². The number of nitrogens with zero attached hydrogens (tertiary/aromatic N) is 1. The number of imide groups is 2. The molecule has 2 saturated heterocycles. The average molecular weight is 256 g/mol. The molecule has 0 aromatic carbocycles. The van der Waals surface area contributed by atoms with E-state index in [0.717, 1.165) is 0 Å². The van der Waals surface area contributed by atoms with Crippen molar-refractivity contribution < 1.29 is 24.0 Å². The number of amides is 8. The monoisotopic (exact) mass is 256 g/mol. The van der Waals surface area contributed by atoms with Crippen molar-refractivity contribution in [3.8, 4) is 0 Å². The van der Waals surface area contributed by atoms with E-state index in [1.54, 1.807) is 0 Å². The molecule has 8 amide bonds. The lowest BCUT2D eigenvalue weighted by Crippen LogP contribution is -2.58. The number of primary amides is 1. The van der Waals surface area contributed by atoms with Crippen molar-refractivity contribution in [1.82, 2.24) is 26.2 Å². The second kappa shape index (κ2) is 3.87. The van der Waals surface area contributed by atoms with Gasteiger partial charge in [0, 0.05) is 0 Å². The highest BCUT2D eigenvalue weighted by atomic mass is 16.2. The molecule has 0 aliphatic carbocycles. The fourth-order valence-corrected chi connectivity index (χ4v) is 1.62. The highest BCUT2D eigenvalue weighted by molar-refractivity contribution is 6.10. The quantitative estimate of drug-likeness (QED) is 0.326. The summed E-state index contributed by atoms with van der Waals surface area (Å²) >= 11 is 0. The second-order valence-electron chi connectivity index (χ2n) is 3.48. The van der Waals surface area contributed by atoms with E-state index in [0.29, 0.717) is 4.90 Å². The van der Waals surface area contributed by atoms with Crippen LogP contribution in [0.3, 0.4) is 0 Å². The summed E-state index contributed by atoms with van der Waals surface area (Å²) in [4.78, 5) is 56.6. The van der Waals surface area contributed by atoms with Crippen LogP contribution in [0.4, 0.5) is 14.4 Å². The molecule has 11 heteroatoms. The minimum Gasteiger partial charge on any atom is -0.352 e. The molecule has 2 heterocycles. The Balaban J connectivity index is 2.25. The molecule has 0 aromatic heterocycles. The Morgan fingerprint density at radius 2 is 1.83 bits per heavy atom. The molecule has 0 radical (unpaired) electrons. The molecule has 2 aliphatic rings. The number of hydrogen-bond donors (Lipinski definition) is 5. The van der Waals surface area contributed by atoms with Crippen LogP contribution in [0.1, 0.15) is 0 Å². The van der Waals surface area contributed by atoms with Crippen molar-refractivity contribution in [1.29, 1.82) is 0 Å². The maximum atomic E-state index is 11.5. The van der Waals surface area contributed by atoms with Crippen LogP contribution in [0.5, 0.6) is 0 Å². The Morgan fingerprint density at radius 1 is 1.17 bits per heavy atom. The van der Waals surface area contributed by atoms with Gasteiger partial charge in [0.05, 0.1) is 0 Å². The maximum absolute atomic E-state index is 11.5. The molecular weight excluding hydrogens is 248 g/mol. The third kappa shape index (κ3) is 1.77. The first-order chi connectivity index (χ1) is 8.40. The molecule has 2 fully saturated rings. The Hall–Kier alpha value is -2.85. The van der Waals surface area contributed by atoms with Gasteiger partial charge in [-0.15, -0.1) is 0 Å². The molecule has 2 rings (SSSR count). The summed E-state index contributed by atoms with van der Waals surface area (Å²) < 4.78 is 0. The zero-order valence-electron chi connectivity index (χ0n) is 8.72. The number of urea groups is 3. The summed E-state index contributed by atoms with van der Waals surface area (Å²) in [7, 11) is 0. The minimum absolute atomic E-state index is 0.674. The van der Waals surface area contributed by atoms with Crippen LogP contribution in [-0.2, 0) is 9.59 Å². The zero-order chi connectivity index (χ0) is 13.4. The molecular formula is C7H8N6O5. The van der Waals surface area contributed by atoms with Crippen LogP contribution < -0.4 is 27.0 Å². The molecule has 18 heavy (non-hydrogen) atoms. The SMILES string of the molecule is NC(=O)NC1C(=O)NC(=O)N1C1NC(=O)NC1=O. The van der Waals surface area contributed by atoms with Crippen LogP contribution in [0.25, 0.3) is 0 Å². The van der Waals surface area contributed by atoms with E-state index in [9.17, 15) is 24.0 Å². The van der Waals surface area contributed by atoms with Gasteiger partial charge in [0.1, 0.15) is 0 Å². The lowest BCUT2D eigenvalue weighted by molar-refractivity contribution is -0.126. The minimum atomic E-state index is -1.45.